The molecule has 1 aromatic rings. The highest BCUT2D eigenvalue weighted by atomic mass is 16.5. The Morgan fingerprint density at radius 1 is 1.69 bits per heavy atom. The van der Waals surface area contributed by atoms with Crippen LogP contribution < -0.4 is 0 Å². The molecule has 0 atom stereocenters. The van der Waals surface area contributed by atoms with E-state index >= 15 is 0 Å². The molecular weight excluding hydrogens is 176 g/mol. The van der Waals surface area contributed by atoms with E-state index < -0.39 is 5.97 Å². The van der Waals surface area contributed by atoms with Crippen molar-refractivity contribution in [1.29, 1.82) is 0 Å². The van der Waals surface area contributed by atoms with E-state index in [1.54, 1.807) is 0 Å². The predicted molar refractivity (Wildman–Crippen MR) is 38.5 cm³/mol. The number of hydrogen-bond acceptors (Lipinski definition) is 5. The number of nitrogens with zero attached hydrogens (tertiary/aromatic N) is 6. The maximum atomic E-state index is 11.0. The Labute approximate surface area is 72.7 Å². The number of aromatic nitrogens is 4. The van der Waals surface area contributed by atoms with E-state index in [9.17, 15) is 4.79 Å². The van der Waals surface area contributed by atoms with E-state index in [-0.39, 0.29) is 11.5 Å². The lowest BCUT2D eigenvalue weighted by Crippen LogP contribution is -2.22. The fraction of sp³-hybridized carbons (Fsp3) is 0.400. The number of tetrazole rings is 1. The first-order chi connectivity index (χ1) is 6.20. The maximum Gasteiger partial charge on any atom is 0.444 e. The normalized spacial score (nSPS) is 9.08. The number of hydrogen-bond donors (Lipinski definition) is 0. The highest BCUT2D eigenvalue weighted by Gasteiger charge is 2.29. The Balaban J connectivity index is 3.14. The highest BCUT2D eigenvalue weighted by Crippen LogP contribution is 1.91. The molecule has 1 heterocycles. The van der Waals surface area contributed by atoms with E-state index in [0.29, 0.717) is 0 Å². The maximum absolute atomic E-state index is 11.0. The molecule has 0 aromatic carbocycles. The Morgan fingerprint density at radius 3 is 2.77 bits per heavy atom. The minimum Gasteiger partial charge on any atom is -0.460 e. The molecule has 0 aliphatic carbocycles. The van der Waals surface area contributed by atoms with Crippen LogP contribution in [0.2, 0.25) is 0 Å². The number of esters is 1. The molecule has 0 fully saturated rings. The minimum atomic E-state index is -0.805. The van der Waals surface area contributed by atoms with E-state index in [1.165, 1.54) is 11.7 Å². The fourth-order valence-electron chi connectivity index (χ4n) is 0.704. The van der Waals surface area contributed by atoms with Crippen LogP contribution in [-0.2, 0) is 16.6 Å². The molecule has 1 aromatic heterocycles. The summed E-state index contributed by atoms with van der Waals surface area (Å²) in [6.45, 7) is 0. The van der Waals surface area contributed by atoms with Crippen molar-refractivity contribution in [2.24, 2.45) is 7.05 Å². The molecular formula is C5H6N6O2. The average molecular weight is 182 g/mol. The van der Waals surface area contributed by atoms with Crippen molar-refractivity contribution in [3.63, 3.8) is 0 Å². The standard InChI is InChI=1S/C5H6N6O2/c1-11-4(8-9-10-11)3(7-6)5(12)13-2/h1-2H3. The van der Waals surface area contributed by atoms with Crippen LogP contribution in [0.25, 0.3) is 5.53 Å². The van der Waals surface area contributed by atoms with Gasteiger partial charge in [0.25, 0.3) is 5.82 Å². The van der Waals surface area contributed by atoms with Crippen LogP contribution in [0.5, 0.6) is 0 Å². The molecule has 0 saturated heterocycles. The van der Waals surface area contributed by atoms with Crippen LogP contribution in [0.4, 0.5) is 0 Å². The Kier molecular flexibility index (Phi) is 2.46. The van der Waals surface area contributed by atoms with E-state index in [2.05, 4.69) is 25.1 Å². The van der Waals surface area contributed by atoms with Crippen LogP contribution in [0.3, 0.4) is 0 Å². The minimum absolute atomic E-state index is 0.0364. The van der Waals surface area contributed by atoms with Crippen LogP contribution in [0.15, 0.2) is 0 Å². The summed E-state index contributed by atoms with van der Waals surface area (Å²) in [5, 5.41) is 10.2. The molecule has 0 spiro atoms. The number of carbonyl (C=O) groups is 1. The summed E-state index contributed by atoms with van der Waals surface area (Å²) in [6, 6.07) is 0. The van der Waals surface area contributed by atoms with Crippen molar-refractivity contribution in [2.75, 3.05) is 7.11 Å². The van der Waals surface area contributed by atoms with Gasteiger partial charge in [0.2, 0.25) is 0 Å². The van der Waals surface area contributed by atoms with Gasteiger partial charge in [0.05, 0.1) is 7.11 Å². The average Bonchev–Trinajstić information content (AvgIpc) is 2.53. The number of methoxy groups -OCH3 is 1. The molecule has 0 aliphatic heterocycles. The third kappa shape index (κ3) is 1.57. The second kappa shape index (κ2) is 3.55. The molecule has 0 aliphatic rings. The molecule has 0 saturated carbocycles. The SMILES string of the molecule is COC(=O)C(=[N+]=[N-])c1nnnn1C. The predicted octanol–water partition coefficient (Wildman–Crippen LogP) is -1.60. The molecule has 8 heteroatoms. The highest BCUT2D eigenvalue weighted by molar-refractivity contribution is 6.39. The van der Waals surface area contributed by atoms with Gasteiger partial charge in [-0.05, 0) is 10.4 Å². The molecule has 0 unspecified atom stereocenters. The molecule has 0 N–H and O–H groups in total. The first-order valence-corrected chi connectivity index (χ1v) is 3.23. The number of aryl methyl sites for hydroxylation is 1. The van der Waals surface area contributed by atoms with Gasteiger partial charge in [-0.2, -0.15) is 4.79 Å². The lowest BCUT2D eigenvalue weighted by molar-refractivity contribution is -0.137. The summed E-state index contributed by atoms with van der Waals surface area (Å²) in [7, 11) is 2.67. The molecule has 0 radical (unpaired) electrons. The first kappa shape index (κ1) is 9.01. The van der Waals surface area contributed by atoms with Crippen molar-refractivity contribution < 1.29 is 14.3 Å². The van der Waals surface area contributed by atoms with Crippen molar-refractivity contribution in [3.05, 3.63) is 11.4 Å². The van der Waals surface area contributed by atoms with Gasteiger partial charge < -0.3 is 10.3 Å². The van der Waals surface area contributed by atoms with Crippen molar-refractivity contribution in [1.82, 2.24) is 20.2 Å². The number of ether oxygens (including phenoxy) is 1. The zero-order valence-electron chi connectivity index (χ0n) is 7.00. The molecule has 0 amide bonds. The van der Waals surface area contributed by atoms with Crippen molar-refractivity contribution in [3.8, 4) is 0 Å². The molecule has 0 bridgehead atoms. The Morgan fingerprint density at radius 2 is 2.38 bits per heavy atom. The van der Waals surface area contributed by atoms with Crippen LogP contribution in [-0.4, -0.2) is 43.8 Å². The molecule has 68 valence electrons. The van der Waals surface area contributed by atoms with Crippen molar-refractivity contribution in [2.45, 2.75) is 0 Å². The van der Waals surface area contributed by atoms with Crippen LogP contribution >= 0.6 is 0 Å². The third-order valence-electron chi connectivity index (χ3n) is 1.31. The summed E-state index contributed by atoms with van der Waals surface area (Å²) < 4.78 is 5.53. The smallest absolute Gasteiger partial charge is 0.444 e. The van der Waals surface area contributed by atoms with Gasteiger partial charge in [-0.1, -0.05) is 0 Å². The summed E-state index contributed by atoms with van der Waals surface area (Å²) >= 11 is 0. The van der Waals surface area contributed by atoms with E-state index in [4.69, 9.17) is 5.53 Å². The van der Waals surface area contributed by atoms with Crippen LogP contribution in [0, 0.1) is 0 Å². The summed E-state index contributed by atoms with van der Waals surface area (Å²) in [6.07, 6.45) is 0. The lowest BCUT2D eigenvalue weighted by Gasteiger charge is -1.91. The molecule has 13 heavy (non-hydrogen) atoms. The van der Waals surface area contributed by atoms with Gasteiger partial charge in [-0.25, -0.2) is 9.48 Å². The Hall–Kier alpha value is -2.08. The summed E-state index contributed by atoms with van der Waals surface area (Å²) in [5.74, 6) is -0.769. The monoisotopic (exact) mass is 182 g/mol. The molecule has 8 nitrogen and oxygen atoms in total. The third-order valence-corrected chi connectivity index (χ3v) is 1.31. The van der Waals surface area contributed by atoms with Gasteiger partial charge >= 0.3 is 11.7 Å². The van der Waals surface area contributed by atoms with Gasteiger partial charge in [0, 0.05) is 7.05 Å². The van der Waals surface area contributed by atoms with Gasteiger partial charge in [0.15, 0.2) is 0 Å². The van der Waals surface area contributed by atoms with Gasteiger partial charge in [0.1, 0.15) is 0 Å². The number of carbonyl (C=O) groups excluding carboxylic acids is 1. The second-order valence-corrected chi connectivity index (χ2v) is 2.07. The van der Waals surface area contributed by atoms with E-state index in [1.807, 2.05) is 0 Å². The Bertz CT molecular complexity index is 376. The zero-order chi connectivity index (χ0) is 9.84. The zero-order valence-corrected chi connectivity index (χ0v) is 7.00. The fourth-order valence-corrected chi connectivity index (χ4v) is 0.704. The van der Waals surface area contributed by atoms with Gasteiger partial charge in [-0.3, -0.25) is 0 Å². The van der Waals surface area contributed by atoms with Gasteiger partial charge in [-0.15, -0.1) is 5.10 Å². The quantitative estimate of drug-likeness (QED) is 0.237. The first-order valence-electron chi connectivity index (χ1n) is 3.23. The second-order valence-electron chi connectivity index (χ2n) is 2.07. The van der Waals surface area contributed by atoms with E-state index in [0.717, 1.165) is 7.11 Å². The van der Waals surface area contributed by atoms with Crippen molar-refractivity contribution >= 4 is 11.7 Å². The van der Waals surface area contributed by atoms with Crippen LogP contribution in [0.1, 0.15) is 5.82 Å². The summed E-state index contributed by atoms with van der Waals surface area (Å²) in [5.41, 5.74) is 8.16. The summed E-state index contributed by atoms with van der Waals surface area (Å²) in [4.78, 5) is 13.7. The molecule has 1 rings (SSSR count). The largest absolute Gasteiger partial charge is 0.460 e. The number of rotatable bonds is 2. The lowest BCUT2D eigenvalue weighted by atomic mass is 10.3. The topological polar surface area (TPSA) is 106 Å².